The van der Waals surface area contributed by atoms with Crippen molar-refractivity contribution in [2.24, 2.45) is 5.92 Å². The number of benzene rings is 1. The van der Waals surface area contributed by atoms with Crippen molar-refractivity contribution in [2.45, 2.75) is 52.1 Å². The second kappa shape index (κ2) is 9.22. The zero-order valence-electron chi connectivity index (χ0n) is 18.7. The number of fused-ring (bicyclic) bond motifs is 1. The van der Waals surface area contributed by atoms with Crippen LogP contribution in [0.25, 0.3) is 0 Å². The molecule has 1 aromatic heterocycles. The number of likely N-dealkylation sites (tertiary alicyclic amines) is 1. The second-order valence-corrected chi connectivity index (χ2v) is 8.73. The van der Waals surface area contributed by atoms with Gasteiger partial charge in [0.15, 0.2) is 0 Å². The Morgan fingerprint density at radius 3 is 2.90 bits per heavy atom. The zero-order valence-corrected chi connectivity index (χ0v) is 18.7. The van der Waals surface area contributed by atoms with Crippen LogP contribution in [0.1, 0.15) is 55.3 Å². The van der Waals surface area contributed by atoms with E-state index in [9.17, 15) is 9.59 Å². The summed E-state index contributed by atoms with van der Waals surface area (Å²) in [5.41, 5.74) is 2.74. The van der Waals surface area contributed by atoms with Gasteiger partial charge in [0.25, 0.3) is 5.56 Å². The highest BCUT2D eigenvalue weighted by atomic mass is 16.5. The Labute approximate surface area is 183 Å². The van der Waals surface area contributed by atoms with Gasteiger partial charge in [-0.05, 0) is 18.9 Å². The van der Waals surface area contributed by atoms with Crippen molar-refractivity contribution >= 4 is 5.91 Å². The van der Waals surface area contributed by atoms with Crippen molar-refractivity contribution in [3.63, 3.8) is 0 Å². The highest BCUT2D eigenvalue weighted by Gasteiger charge is 2.32. The van der Waals surface area contributed by atoms with Gasteiger partial charge in [0, 0.05) is 56.5 Å². The average Bonchev–Trinajstić information content (AvgIpc) is 3.29. The van der Waals surface area contributed by atoms with Crippen LogP contribution in [0.2, 0.25) is 0 Å². The largest absolute Gasteiger partial charge is 0.496 e. The molecule has 1 amide bonds. The molecule has 0 radical (unpaired) electrons. The fourth-order valence-corrected chi connectivity index (χ4v) is 4.57. The lowest BCUT2D eigenvalue weighted by Gasteiger charge is -2.28. The topological polar surface area (TPSA) is 78.5 Å². The Balaban J connectivity index is 1.47. The van der Waals surface area contributed by atoms with E-state index >= 15 is 0 Å². The van der Waals surface area contributed by atoms with Crippen LogP contribution < -0.4 is 10.3 Å². The van der Waals surface area contributed by atoms with Crippen LogP contribution in [-0.2, 0) is 24.3 Å². The van der Waals surface area contributed by atoms with Gasteiger partial charge >= 0.3 is 0 Å². The molecule has 1 saturated heterocycles. The molecule has 0 bridgehead atoms. The van der Waals surface area contributed by atoms with Gasteiger partial charge in [-0.3, -0.25) is 14.5 Å². The van der Waals surface area contributed by atoms with Gasteiger partial charge in [-0.15, -0.1) is 0 Å². The first-order valence-corrected chi connectivity index (χ1v) is 11.2. The van der Waals surface area contributed by atoms with Crippen LogP contribution in [0.4, 0.5) is 0 Å². The van der Waals surface area contributed by atoms with E-state index in [2.05, 4.69) is 16.0 Å². The minimum Gasteiger partial charge on any atom is -0.496 e. The molecule has 0 spiro atoms. The van der Waals surface area contributed by atoms with Crippen LogP contribution in [0.5, 0.6) is 5.75 Å². The van der Waals surface area contributed by atoms with Crippen LogP contribution in [0.15, 0.2) is 29.1 Å². The zero-order chi connectivity index (χ0) is 22.0. The number of aromatic nitrogens is 2. The molecule has 0 saturated carbocycles. The molecular formula is C24H32N4O3. The van der Waals surface area contributed by atoms with Gasteiger partial charge in [0.1, 0.15) is 11.6 Å². The van der Waals surface area contributed by atoms with Crippen molar-refractivity contribution in [1.82, 2.24) is 19.8 Å². The first-order valence-electron chi connectivity index (χ1n) is 11.2. The minimum absolute atomic E-state index is 0.0449. The summed E-state index contributed by atoms with van der Waals surface area (Å²) >= 11 is 0. The third-order valence-electron chi connectivity index (χ3n) is 6.67. The second-order valence-electron chi connectivity index (χ2n) is 8.73. The summed E-state index contributed by atoms with van der Waals surface area (Å²) in [4.78, 5) is 37.5. The van der Waals surface area contributed by atoms with Crippen molar-refractivity contribution in [1.29, 1.82) is 0 Å². The van der Waals surface area contributed by atoms with Crippen LogP contribution >= 0.6 is 0 Å². The standard InChI is InChI=1S/C24H32N4O3/c1-4-16(2)24(30)28-12-9-18(14-28)22-25-20-10-11-27(15-19(20)23(29)26-22)13-17-7-5-6-8-21(17)31-3/h5-8,16,18H,4,9-15H2,1-3H3,(H,25,26,29)/t16-,18+/m0/s1. The fourth-order valence-electron chi connectivity index (χ4n) is 4.57. The van der Waals surface area contributed by atoms with E-state index in [1.807, 2.05) is 36.9 Å². The van der Waals surface area contributed by atoms with Crippen LogP contribution in [-0.4, -0.2) is 52.4 Å². The quantitative estimate of drug-likeness (QED) is 0.771. The Morgan fingerprint density at radius 1 is 1.32 bits per heavy atom. The highest BCUT2D eigenvalue weighted by Crippen LogP contribution is 2.27. The minimum atomic E-state index is -0.0450. The van der Waals surface area contributed by atoms with Crippen LogP contribution in [0, 0.1) is 5.92 Å². The van der Waals surface area contributed by atoms with Gasteiger partial charge in [-0.1, -0.05) is 32.0 Å². The van der Waals surface area contributed by atoms with Crippen LogP contribution in [0.3, 0.4) is 0 Å². The molecule has 2 aliphatic heterocycles. The first kappa shape index (κ1) is 21.6. The SMILES string of the molecule is CC[C@H](C)C(=O)N1CC[C@@H](c2nc3c(c(=O)[nH]2)CN(Cc2ccccc2OC)CC3)C1. The number of amides is 1. The number of rotatable bonds is 6. The maximum atomic E-state index is 12.9. The smallest absolute Gasteiger partial charge is 0.255 e. The average molecular weight is 425 g/mol. The Bertz CT molecular complexity index is 1000. The molecule has 7 nitrogen and oxygen atoms in total. The number of nitrogens with one attached hydrogen (secondary N) is 1. The number of ether oxygens (including phenoxy) is 1. The molecule has 166 valence electrons. The van der Waals surface area contributed by atoms with Gasteiger partial charge in [0.05, 0.1) is 18.4 Å². The molecule has 31 heavy (non-hydrogen) atoms. The molecule has 0 unspecified atom stereocenters. The fraction of sp³-hybridized carbons (Fsp3) is 0.542. The van der Waals surface area contributed by atoms with E-state index in [4.69, 9.17) is 9.72 Å². The summed E-state index contributed by atoms with van der Waals surface area (Å²) in [6.45, 7) is 7.57. The first-order chi connectivity index (χ1) is 15.0. The predicted octanol–water partition coefficient (Wildman–Crippen LogP) is 2.70. The number of hydrogen-bond acceptors (Lipinski definition) is 5. The summed E-state index contributed by atoms with van der Waals surface area (Å²) in [7, 11) is 1.68. The van der Waals surface area contributed by atoms with E-state index in [0.717, 1.165) is 67.3 Å². The van der Waals surface area contributed by atoms with Crippen molar-refractivity contribution < 1.29 is 9.53 Å². The summed E-state index contributed by atoms with van der Waals surface area (Å²) < 4.78 is 5.47. The molecule has 1 aromatic carbocycles. The van der Waals surface area contributed by atoms with Gasteiger partial charge in [-0.25, -0.2) is 4.98 Å². The lowest BCUT2D eigenvalue weighted by molar-refractivity contribution is -0.134. The molecule has 4 rings (SSSR count). The summed E-state index contributed by atoms with van der Waals surface area (Å²) in [6, 6.07) is 8.00. The Morgan fingerprint density at radius 2 is 2.13 bits per heavy atom. The van der Waals surface area contributed by atoms with E-state index in [-0.39, 0.29) is 23.3 Å². The highest BCUT2D eigenvalue weighted by molar-refractivity contribution is 5.78. The molecule has 3 heterocycles. The number of H-pyrrole nitrogens is 1. The van der Waals surface area contributed by atoms with E-state index in [0.29, 0.717) is 13.1 Å². The lowest BCUT2D eigenvalue weighted by atomic mass is 10.0. The summed E-state index contributed by atoms with van der Waals surface area (Å²) in [6.07, 6.45) is 2.45. The lowest BCUT2D eigenvalue weighted by Crippen LogP contribution is -2.36. The third kappa shape index (κ3) is 4.51. The van der Waals surface area contributed by atoms with E-state index < -0.39 is 0 Å². The molecule has 7 heteroatoms. The van der Waals surface area contributed by atoms with E-state index in [1.54, 1.807) is 7.11 Å². The Hall–Kier alpha value is -2.67. The number of nitrogens with zero attached hydrogens (tertiary/aromatic N) is 3. The number of carbonyl (C=O) groups is 1. The van der Waals surface area contributed by atoms with Crippen molar-refractivity contribution in [3.8, 4) is 5.75 Å². The van der Waals surface area contributed by atoms with Crippen molar-refractivity contribution in [3.05, 3.63) is 57.3 Å². The molecule has 0 aliphatic carbocycles. The molecule has 2 aromatic rings. The van der Waals surface area contributed by atoms with Gasteiger partial charge in [0.2, 0.25) is 5.91 Å². The molecule has 1 N–H and O–H groups in total. The molecular weight excluding hydrogens is 392 g/mol. The number of hydrogen-bond donors (Lipinski definition) is 1. The maximum Gasteiger partial charge on any atom is 0.255 e. The summed E-state index contributed by atoms with van der Waals surface area (Å²) in [5, 5.41) is 0. The van der Waals surface area contributed by atoms with Gasteiger partial charge < -0.3 is 14.6 Å². The maximum absolute atomic E-state index is 12.9. The predicted molar refractivity (Wildman–Crippen MR) is 119 cm³/mol. The Kier molecular flexibility index (Phi) is 6.41. The normalized spacial score (nSPS) is 19.8. The third-order valence-corrected chi connectivity index (χ3v) is 6.67. The molecule has 2 atom stereocenters. The molecule has 2 aliphatic rings. The van der Waals surface area contributed by atoms with Gasteiger partial charge in [-0.2, -0.15) is 0 Å². The van der Waals surface area contributed by atoms with Crippen molar-refractivity contribution in [2.75, 3.05) is 26.7 Å². The number of carbonyl (C=O) groups excluding carboxylic acids is 1. The van der Waals surface area contributed by atoms with E-state index in [1.165, 1.54) is 0 Å². The number of aromatic amines is 1. The monoisotopic (exact) mass is 424 g/mol. The summed E-state index contributed by atoms with van der Waals surface area (Å²) in [5.74, 6) is 1.97. The number of methoxy groups -OCH3 is 1. The number of para-hydroxylation sites is 1. The molecule has 1 fully saturated rings.